The first-order chi connectivity index (χ1) is 16.0. The molecule has 35 heavy (non-hydrogen) atoms. The van der Waals surface area contributed by atoms with Crippen LogP contribution in [0, 0.1) is 23.8 Å². The number of nitrogens with zero attached hydrogens (tertiary/aromatic N) is 4. The standard InChI is InChI=1S/C15H12F4N3.C8H14NO2S.Na/c16-13-7-20-9-21-14(13)22(12-5-6-12)8-10-1-3-11(4-2-10)15(17,18)19;1-12(10,11)9-6-4-8(2-3-8)5-7-9;/h1-4,9,12H,5-6,8H2;2H,3-7H2,1H3;/q2*-1;+1. The SMILES string of the molecule is CS(=O)(=O)N1CCC2([CH-]C2)CC1.Fc1[c-]ncnc1N(Cc1ccc(C(F)(F)F)cc1)C1CC1.[Na+]. The van der Waals surface area contributed by atoms with Crippen LogP contribution in [0.2, 0.25) is 0 Å². The van der Waals surface area contributed by atoms with Gasteiger partial charge in [0.15, 0.2) is 0 Å². The van der Waals surface area contributed by atoms with E-state index in [4.69, 9.17) is 0 Å². The zero-order valence-corrected chi connectivity index (χ0v) is 22.5. The summed E-state index contributed by atoms with van der Waals surface area (Å²) >= 11 is 0. The first-order valence-corrected chi connectivity index (χ1v) is 12.9. The molecule has 2 aromatic rings. The van der Waals surface area contributed by atoms with E-state index >= 15 is 0 Å². The number of piperidine rings is 1. The van der Waals surface area contributed by atoms with E-state index in [1.807, 2.05) is 0 Å². The summed E-state index contributed by atoms with van der Waals surface area (Å²) in [6, 6.07) is 5.02. The Labute approximate surface area is 225 Å². The van der Waals surface area contributed by atoms with Crippen LogP contribution in [-0.2, 0) is 22.7 Å². The molecule has 1 aliphatic heterocycles. The molecule has 0 N–H and O–H groups in total. The topological polar surface area (TPSA) is 66.4 Å². The summed E-state index contributed by atoms with van der Waals surface area (Å²) in [6.45, 7) is 1.73. The minimum Gasteiger partial charge on any atom is -0.400 e. The predicted molar refractivity (Wildman–Crippen MR) is 118 cm³/mol. The third kappa shape index (κ3) is 7.61. The van der Waals surface area contributed by atoms with Crippen LogP contribution in [0.4, 0.5) is 23.4 Å². The Morgan fingerprint density at radius 1 is 1.20 bits per heavy atom. The van der Waals surface area contributed by atoms with Crippen LogP contribution < -0.4 is 34.5 Å². The summed E-state index contributed by atoms with van der Waals surface area (Å²) in [5.74, 6) is -0.515. The molecule has 6 nitrogen and oxygen atoms in total. The van der Waals surface area contributed by atoms with Gasteiger partial charge in [0.2, 0.25) is 10.0 Å². The van der Waals surface area contributed by atoms with Gasteiger partial charge < -0.3 is 21.3 Å². The van der Waals surface area contributed by atoms with E-state index in [-0.39, 0.29) is 41.4 Å². The van der Waals surface area contributed by atoms with Gasteiger partial charge in [-0.1, -0.05) is 25.0 Å². The van der Waals surface area contributed by atoms with Crippen molar-refractivity contribution in [3.8, 4) is 0 Å². The summed E-state index contributed by atoms with van der Waals surface area (Å²) in [5, 5.41) is 0. The van der Waals surface area contributed by atoms with Gasteiger partial charge in [0.1, 0.15) is 0 Å². The van der Waals surface area contributed by atoms with Gasteiger partial charge in [-0.25, -0.2) is 23.5 Å². The second-order valence-corrected chi connectivity index (χ2v) is 11.1. The maximum absolute atomic E-state index is 13.8. The second-order valence-electron chi connectivity index (χ2n) is 9.11. The molecule has 5 rings (SSSR count). The Hall–Kier alpha value is -1.27. The zero-order chi connectivity index (χ0) is 24.6. The Balaban J connectivity index is 0.000000223. The fourth-order valence-electron chi connectivity index (χ4n) is 4.05. The molecule has 12 heteroatoms. The number of rotatable bonds is 5. The molecular formula is C23H26F4N4NaO2S-. The average molecular weight is 522 g/mol. The maximum atomic E-state index is 13.8. The monoisotopic (exact) mass is 521 g/mol. The second kappa shape index (κ2) is 11.0. The molecule has 0 unspecified atom stereocenters. The first kappa shape index (κ1) is 28.3. The van der Waals surface area contributed by atoms with Crippen LogP contribution in [0.25, 0.3) is 0 Å². The minimum atomic E-state index is -4.36. The third-order valence-electron chi connectivity index (χ3n) is 6.46. The molecule has 3 fully saturated rings. The summed E-state index contributed by atoms with van der Waals surface area (Å²) in [5.41, 5.74) is 0.412. The van der Waals surface area contributed by atoms with Crippen LogP contribution in [0.3, 0.4) is 0 Å². The number of alkyl halides is 3. The maximum Gasteiger partial charge on any atom is 1.00 e. The third-order valence-corrected chi connectivity index (χ3v) is 7.76. The molecule has 0 bridgehead atoms. The number of hydrogen-bond acceptors (Lipinski definition) is 5. The molecule has 2 saturated carbocycles. The van der Waals surface area contributed by atoms with Gasteiger partial charge in [-0.05, 0) is 36.7 Å². The number of sulfonamides is 1. The van der Waals surface area contributed by atoms with Gasteiger partial charge in [0.05, 0.1) is 23.5 Å². The number of hydrogen-bond donors (Lipinski definition) is 0. The summed E-state index contributed by atoms with van der Waals surface area (Å²) in [4.78, 5) is 9.16. The Morgan fingerprint density at radius 2 is 1.80 bits per heavy atom. The van der Waals surface area contributed by atoms with Gasteiger partial charge >= 0.3 is 35.7 Å². The number of anilines is 1. The predicted octanol–water partition coefficient (Wildman–Crippen LogP) is 1.24. The van der Waals surface area contributed by atoms with Crippen LogP contribution in [-0.4, -0.2) is 48.1 Å². The van der Waals surface area contributed by atoms with Crippen molar-refractivity contribution in [2.24, 2.45) is 5.41 Å². The molecule has 1 aromatic heterocycles. The van der Waals surface area contributed by atoms with E-state index in [2.05, 4.69) is 22.6 Å². The summed E-state index contributed by atoms with van der Waals surface area (Å²) in [7, 11) is -2.93. The number of benzene rings is 1. The van der Waals surface area contributed by atoms with Crippen LogP contribution in [0.15, 0.2) is 30.6 Å². The van der Waals surface area contributed by atoms with Gasteiger partial charge in [-0.15, -0.1) is 0 Å². The molecule has 1 saturated heterocycles. The van der Waals surface area contributed by atoms with Crippen molar-refractivity contribution in [3.63, 3.8) is 0 Å². The molecule has 1 aromatic carbocycles. The Morgan fingerprint density at radius 3 is 2.26 bits per heavy atom. The molecule has 0 atom stereocenters. The van der Waals surface area contributed by atoms with E-state index in [1.54, 1.807) is 9.21 Å². The molecule has 0 radical (unpaired) electrons. The van der Waals surface area contributed by atoms with Crippen LogP contribution >= 0.6 is 0 Å². The van der Waals surface area contributed by atoms with Crippen molar-refractivity contribution in [3.05, 3.63) is 60.2 Å². The van der Waals surface area contributed by atoms with Crippen molar-refractivity contribution >= 4 is 15.8 Å². The molecule has 0 amide bonds. The number of aromatic nitrogens is 2. The molecule has 1 spiro atoms. The zero-order valence-electron chi connectivity index (χ0n) is 19.7. The number of halogens is 4. The van der Waals surface area contributed by atoms with Crippen LogP contribution in [0.5, 0.6) is 0 Å². The fourth-order valence-corrected chi connectivity index (χ4v) is 4.90. The van der Waals surface area contributed by atoms with Gasteiger partial charge in [-0.3, -0.25) is 0 Å². The molecule has 2 aliphatic carbocycles. The van der Waals surface area contributed by atoms with Gasteiger partial charge in [0.25, 0.3) is 0 Å². The van der Waals surface area contributed by atoms with Crippen LogP contribution in [0.1, 0.15) is 43.2 Å². The summed E-state index contributed by atoms with van der Waals surface area (Å²) < 4.78 is 75.3. The van der Waals surface area contributed by atoms with Crippen molar-refractivity contribution < 1.29 is 55.5 Å². The van der Waals surface area contributed by atoms with Gasteiger partial charge in [0, 0.05) is 32.0 Å². The van der Waals surface area contributed by atoms with E-state index < -0.39 is 27.6 Å². The van der Waals surface area contributed by atoms with Crippen molar-refractivity contribution in [1.82, 2.24) is 14.3 Å². The fraction of sp³-hybridized carbons (Fsp3) is 0.522. The van der Waals surface area contributed by atoms with E-state index in [0.717, 1.165) is 50.9 Å². The Kier molecular flexibility index (Phi) is 8.90. The molecule has 3 aliphatic rings. The van der Waals surface area contributed by atoms with Crippen molar-refractivity contribution in [2.75, 3.05) is 24.2 Å². The molecule has 2 heterocycles. The van der Waals surface area contributed by atoms with E-state index in [1.165, 1.54) is 31.1 Å². The van der Waals surface area contributed by atoms with Crippen molar-refractivity contribution in [2.45, 2.75) is 50.9 Å². The Bertz CT molecular complexity index is 1100. The smallest absolute Gasteiger partial charge is 0.400 e. The molecular weight excluding hydrogens is 495 g/mol. The first-order valence-electron chi connectivity index (χ1n) is 11.1. The van der Waals surface area contributed by atoms with E-state index in [9.17, 15) is 26.0 Å². The quantitative estimate of drug-likeness (QED) is 0.337. The normalized spacial score (nSPS) is 19.3. The largest absolute Gasteiger partial charge is 1.00 e. The average Bonchev–Trinajstić information content (AvgIpc) is 3.70. The molecule has 186 valence electrons. The van der Waals surface area contributed by atoms with Crippen molar-refractivity contribution in [1.29, 1.82) is 0 Å². The summed E-state index contributed by atoms with van der Waals surface area (Å²) in [6.07, 6.45) is 7.73. The van der Waals surface area contributed by atoms with E-state index in [0.29, 0.717) is 17.5 Å². The van der Waals surface area contributed by atoms with Gasteiger partial charge in [-0.2, -0.15) is 18.6 Å². The minimum absolute atomic E-state index is 0.